The Labute approximate surface area is 198 Å². The van der Waals surface area contributed by atoms with E-state index in [2.05, 4.69) is 49.2 Å². The molecule has 8 nitrogen and oxygen atoms in total. The van der Waals surface area contributed by atoms with Crippen LogP contribution in [0.15, 0.2) is 85.7 Å². The average molecular weight is 454 g/mol. The van der Waals surface area contributed by atoms with Crippen LogP contribution in [0.4, 0.5) is 5.82 Å². The molecule has 5 rings (SSSR count). The van der Waals surface area contributed by atoms with Crippen LogP contribution in [0.5, 0.6) is 0 Å². The Bertz CT molecular complexity index is 1150. The van der Waals surface area contributed by atoms with Gasteiger partial charge in [0, 0.05) is 38.2 Å². The SMILES string of the molecule is O=C(C1CCN(c2cc(-n3cncn3)ncn2)CC1)N(Cc1ccccc1)Cc1ccccc1. The number of hydrogen-bond donors (Lipinski definition) is 0. The summed E-state index contributed by atoms with van der Waals surface area (Å²) in [6.07, 6.45) is 6.23. The van der Waals surface area contributed by atoms with Gasteiger partial charge >= 0.3 is 0 Å². The Morgan fingerprint density at radius 1 is 0.853 bits per heavy atom. The van der Waals surface area contributed by atoms with Gasteiger partial charge in [0.25, 0.3) is 0 Å². The van der Waals surface area contributed by atoms with Crippen LogP contribution in [-0.4, -0.2) is 48.6 Å². The second-order valence-corrected chi connectivity index (χ2v) is 8.50. The summed E-state index contributed by atoms with van der Waals surface area (Å²) in [5.41, 5.74) is 2.29. The molecule has 8 heteroatoms. The fraction of sp³-hybridized carbons (Fsp3) is 0.269. The monoisotopic (exact) mass is 453 g/mol. The molecule has 0 spiro atoms. The maximum absolute atomic E-state index is 13.6. The summed E-state index contributed by atoms with van der Waals surface area (Å²) >= 11 is 0. The van der Waals surface area contributed by atoms with E-state index in [-0.39, 0.29) is 11.8 Å². The van der Waals surface area contributed by atoms with Gasteiger partial charge in [0.2, 0.25) is 5.91 Å². The van der Waals surface area contributed by atoms with Gasteiger partial charge in [-0.1, -0.05) is 60.7 Å². The first-order valence-corrected chi connectivity index (χ1v) is 11.5. The third-order valence-corrected chi connectivity index (χ3v) is 6.20. The Hall–Kier alpha value is -4.07. The van der Waals surface area contributed by atoms with Gasteiger partial charge in [-0.05, 0) is 24.0 Å². The summed E-state index contributed by atoms with van der Waals surface area (Å²) in [6.45, 7) is 2.77. The average Bonchev–Trinajstić information content (AvgIpc) is 3.45. The van der Waals surface area contributed by atoms with Crippen molar-refractivity contribution < 1.29 is 4.79 Å². The number of carbonyl (C=O) groups is 1. The maximum atomic E-state index is 13.6. The molecule has 1 amide bonds. The summed E-state index contributed by atoms with van der Waals surface area (Å²) in [5.74, 6) is 1.74. The van der Waals surface area contributed by atoms with Crippen LogP contribution in [0.2, 0.25) is 0 Å². The fourth-order valence-electron chi connectivity index (χ4n) is 4.40. The molecule has 1 aliphatic heterocycles. The molecule has 2 aromatic heterocycles. The van der Waals surface area contributed by atoms with E-state index in [1.807, 2.05) is 47.4 Å². The molecule has 0 aliphatic carbocycles. The standard InChI is InChI=1S/C26H27N7O/c34-26(32(16-21-7-3-1-4-8-21)17-22-9-5-2-6-10-22)23-11-13-31(14-12-23)24-15-25(29-19-28-24)33-20-27-18-30-33/h1-10,15,18-20,23H,11-14,16-17H2. The first kappa shape index (κ1) is 21.8. The molecule has 0 radical (unpaired) electrons. The van der Waals surface area contributed by atoms with Crippen molar-refractivity contribution in [3.63, 3.8) is 0 Å². The van der Waals surface area contributed by atoms with E-state index in [1.165, 1.54) is 6.33 Å². The second-order valence-electron chi connectivity index (χ2n) is 8.50. The lowest BCUT2D eigenvalue weighted by Gasteiger charge is -2.35. The Morgan fingerprint density at radius 2 is 1.47 bits per heavy atom. The van der Waals surface area contributed by atoms with Gasteiger partial charge < -0.3 is 9.80 Å². The first-order valence-electron chi connectivity index (χ1n) is 11.5. The number of amides is 1. The van der Waals surface area contributed by atoms with Crippen molar-refractivity contribution >= 4 is 11.7 Å². The van der Waals surface area contributed by atoms with E-state index < -0.39 is 0 Å². The molecule has 3 heterocycles. The fourth-order valence-corrected chi connectivity index (χ4v) is 4.40. The van der Waals surface area contributed by atoms with E-state index in [1.54, 1.807) is 17.3 Å². The zero-order chi connectivity index (χ0) is 23.2. The number of benzene rings is 2. The molecule has 1 fully saturated rings. The third kappa shape index (κ3) is 5.11. The van der Waals surface area contributed by atoms with E-state index in [4.69, 9.17) is 0 Å². The van der Waals surface area contributed by atoms with Crippen molar-refractivity contribution in [3.8, 4) is 5.82 Å². The number of piperidine rings is 1. The smallest absolute Gasteiger partial charge is 0.226 e. The topological polar surface area (TPSA) is 80.0 Å². The highest BCUT2D eigenvalue weighted by molar-refractivity contribution is 5.79. The number of anilines is 1. The predicted octanol–water partition coefficient (Wildman–Crippen LogP) is 3.50. The zero-order valence-electron chi connectivity index (χ0n) is 18.9. The van der Waals surface area contributed by atoms with Gasteiger partial charge in [-0.2, -0.15) is 5.10 Å². The molecule has 4 aromatic rings. The van der Waals surface area contributed by atoms with Gasteiger partial charge in [-0.15, -0.1) is 0 Å². The highest BCUT2D eigenvalue weighted by atomic mass is 16.2. The van der Waals surface area contributed by atoms with Gasteiger partial charge in [0.15, 0.2) is 5.82 Å². The molecule has 1 saturated heterocycles. The lowest BCUT2D eigenvalue weighted by atomic mass is 9.94. The lowest BCUT2D eigenvalue weighted by Crippen LogP contribution is -2.42. The van der Waals surface area contributed by atoms with Crippen molar-refractivity contribution in [3.05, 3.63) is 96.8 Å². The summed E-state index contributed by atoms with van der Waals surface area (Å²) < 4.78 is 1.62. The molecule has 34 heavy (non-hydrogen) atoms. The van der Waals surface area contributed by atoms with Gasteiger partial charge in [-0.3, -0.25) is 4.79 Å². The van der Waals surface area contributed by atoms with Crippen molar-refractivity contribution in [2.45, 2.75) is 25.9 Å². The largest absolute Gasteiger partial charge is 0.356 e. The van der Waals surface area contributed by atoms with Crippen LogP contribution in [-0.2, 0) is 17.9 Å². The maximum Gasteiger partial charge on any atom is 0.226 e. The second kappa shape index (κ2) is 10.2. The van der Waals surface area contributed by atoms with E-state index in [9.17, 15) is 4.79 Å². The molecule has 172 valence electrons. The van der Waals surface area contributed by atoms with Crippen LogP contribution < -0.4 is 4.90 Å². The minimum Gasteiger partial charge on any atom is -0.356 e. The van der Waals surface area contributed by atoms with Gasteiger partial charge in [0.1, 0.15) is 24.8 Å². The molecule has 2 aromatic carbocycles. The number of carbonyl (C=O) groups excluding carboxylic acids is 1. The highest BCUT2D eigenvalue weighted by Gasteiger charge is 2.29. The first-order chi connectivity index (χ1) is 16.8. The zero-order valence-corrected chi connectivity index (χ0v) is 18.9. The highest BCUT2D eigenvalue weighted by Crippen LogP contribution is 2.25. The quantitative estimate of drug-likeness (QED) is 0.426. The van der Waals surface area contributed by atoms with Crippen LogP contribution in [0.1, 0.15) is 24.0 Å². The van der Waals surface area contributed by atoms with Crippen molar-refractivity contribution in [1.29, 1.82) is 0 Å². The molecule has 0 bridgehead atoms. The van der Waals surface area contributed by atoms with Crippen LogP contribution in [0.25, 0.3) is 5.82 Å². The Kier molecular flexibility index (Phi) is 6.56. The summed E-state index contributed by atoms with van der Waals surface area (Å²) in [6, 6.07) is 22.3. The van der Waals surface area contributed by atoms with Crippen LogP contribution in [0.3, 0.4) is 0 Å². The van der Waals surface area contributed by atoms with E-state index >= 15 is 0 Å². The number of nitrogens with zero attached hydrogens (tertiary/aromatic N) is 7. The molecular formula is C26H27N7O. The van der Waals surface area contributed by atoms with Crippen molar-refractivity contribution in [2.75, 3.05) is 18.0 Å². The molecule has 0 saturated carbocycles. The van der Waals surface area contributed by atoms with Crippen LogP contribution in [0, 0.1) is 5.92 Å². The molecule has 0 N–H and O–H groups in total. The Balaban J connectivity index is 1.26. The third-order valence-electron chi connectivity index (χ3n) is 6.20. The minimum absolute atomic E-state index is 0.000276. The molecule has 1 aliphatic rings. The number of rotatable bonds is 7. The summed E-state index contributed by atoms with van der Waals surface area (Å²) in [5, 5.41) is 4.14. The van der Waals surface area contributed by atoms with Crippen LogP contribution >= 0.6 is 0 Å². The lowest BCUT2D eigenvalue weighted by molar-refractivity contribution is -0.137. The molecular weight excluding hydrogens is 426 g/mol. The van der Waals surface area contributed by atoms with Crippen molar-refractivity contribution in [1.82, 2.24) is 29.6 Å². The molecule has 0 unspecified atom stereocenters. The normalized spacial score (nSPS) is 14.2. The van der Waals surface area contributed by atoms with E-state index in [0.29, 0.717) is 18.9 Å². The summed E-state index contributed by atoms with van der Waals surface area (Å²) in [4.78, 5) is 30.5. The van der Waals surface area contributed by atoms with E-state index in [0.717, 1.165) is 42.9 Å². The van der Waals surface area contributed by atoms with Crippen molar-refractivity contribution in [2.24, 2.45) is 5.92 Å². The summed E-state index contributed by atoms with van der Waals surface area (Å²) in [7, 11) is 0. The Morgan fingerprint density at radius 3 is 2.06 bits per heavy atom. The minimum atomic E-state index is 0.000276. The molecule has 0 atom stereocenters. The van der Waals surface area contributed by atoms with Gasteiger partial charge in [0.05, 0.1) is 0 Å². The van der Waals surface area contributed by atoms with Gasteiger partial charge in [-0.25, -0.2) is 19.6 Å². The number of aromatic nitrogens is 5. The number of hydrogen-bond acceptors (Lipinski definition) is 6. The predicted molar refractivity (Wildman–Crippen MR) is 129 cm³/mol.